The Hall–Kier alpha value is -2.34. The highest BCUT2D eigenvalue weighted by Crippen LogP contribution is 2.25. The van der Waals surface area contributed by atoms with E-state index < -0.39 is 0 Å². The van der Waals surface area contributed by atoms with E-state index in [0.717, 1.165) is 36.0 Å². The molecule has 1 atom stereocenters. The summed E-state index contributed by atoms with van der Waals surface area (Å²) in [4.78, 5) is 29.2. The summed E-state index contributed by atoms with van der Waals surface area (Å²) in [6, 6.07) is 17.1. The minimum Gasteiger partial charge on any atom is -0.343 e. The zero-order valence-corrected chi connectivity index (χ0v) is 17.7. The maximum absolute atomic E-state index is 13.1. The number of nitrogens with one attached hydrogen (secondary N) is 1. The van der Waals surface area contributed by atoms with Gasteiger partial charge in [-0.25, -0.2) is 4.79 Å². The molecule has 1 unspecified atom stereocenters. The van der Waals surface area contributed by atoms with Crippen LogP contribution in [0.2, 0.25) is 0 Å². The molecular formula is C22H26BrN3O2. The van der Waals surface area contributed by atoms with Crippen LogP contribution in [0.3, 0.4) is 0 Å². The van der Waals surface area contributed by atoms with Gasteiger partial charge in [0.05, 0.1) is 11.7 Å². The lowest BCUT2D eigenvalue weighted by Crippen LogP contribution is -2.40. The highest BCUT2D eigenvalue weighted by atomic mass is 79.9. The second-order valence-electron chi connectivity index (χ2n) is 7.03. The first-order valence-corrected chi connectivity index (χ1v) is 10.5. The number of hydrogen-bond donors (Lipinski definition) is 1. The van der Waals surface area contributed by atoms with Crippen LogP contribution >= 0.6 is 15.9 Å². The van der Waals surface area contributed by atoms with Crippen LogP contribution in [0, 0.1) is 0 Å². The Morgan fingerprint density at radius 2 is 1.71 bits per heavy atom. The Bertz CT molecular complexity index is 806. The highest BCUT2D eigenvalue weighted by molar-refractivity contribution is 9.10. The normalized spacial score (nSPS) is 14.6. The van der Waals surface area contributed by atoms with Gasteiger partial charge in [0.2, 0.25) is 5.91 Å². The number of halogens is 1. The van der Waals surface area contributed by atoms with Gasteiger partial charge in [-0.3, -0.25) is 4.79 Å². The molecule has 1 N–H and O–H groups in total. The number of carbonyl (C=O) groups excluding carboxylic acids is 2. The summed E-state index contributed by atoms with van der Waals surface area (Å²) in [7, 11) is 0. The Balaban J connectivity index is 1.74. The molecule has 1 aliphatic heterocycles. The number of anilines is 1. The first-order chi connectivity index (χ1) is 13.6. The summed E-state index contributed by atoms with van der Waals surface area (Å²) in [5.41, 5.74) is 1.75. The van der Waals surface area contributed by atoms with Crippen LogP contribution in [0.25, 0.3) is 0 Å². The minimum atomic E-state index is -0.211. The minimum absolute atomic E-state index is 0.122. The Labute approximate surface area is 174 Å². The summed E-state index contributed by atoms with van der Waals surface area (Å²) in [5, 5.41) is 2.97. The maximum Gasteiger partial charge on any atom is 0.322 e. The number of hydrogen-bond acceptors (Lipinski definition) is 2. The van der Waals surface area contributed by atoms with Crippen LogP contribution in [0.4, 0.5) is 10.5 Å². The van der Waals surface area contributed by atoms with Crippen LogP contribution in [-0.4, -0.2) is 41.4 Å². The van der Waals surface area contributed by atoms with E-state index >= 15 is 0 Å². The molecule has 0 aromatic heterocycles. The fourth-order valence-electron chi connectivity index (χ4n) is 3.47. The molecule has 1 saturated heterocycles. The predicted octanol–water partition coefficient (Wildman–Crippen LogP) is 5.06. The number of urea groups is 1. The van der Waals surface area contributed by atoms with Crippen LogP contribution in [0.15, 0.2) is 59.1 Å². The van der Waals surface area contributed by atoms with E-state index in [0.29, 0.717) is 18.7 Å². The number of likely N-dealkylation sites (tertiary alicyclic amines) is 1. The van der Waals surface area contributed by atoms with Gasteiger partial charge in [0.1, 0.15) is 0 Å². The third-order valence-electron chi connectivity index (χ3n) is 5.15. The summed E-state index contributed by atoms with van der Waals surface area (Å²) >= 11 is 3.47. The van der Waals surface area contributed by atoms with Crippen molar-refractivity contribution in [3.05, 3.63) is 64.6 Å². The van der Waals surface area contributed by atoms with E-state index in [2.05, 4.69) is 21.2 Å². The first kappa shape index (κ1) is 20.4. The second kappa shape index (κ2) is 9.73. The van der Waals surface area contributed by atoms with Gasteiger partial charge < -0.3 is 15.1 Å². The number of carbonyl (C=O) groups is 2. The van der Waals surface area contributed by atoms with Gasteiger partial charge in [-0.1, -0.05) is 42.5 Å². The van der Waals surface area contributed by atoms with Crippen molar-refractivity contribution < 1.29 is 9.59 Å². The third-order valence-corrected chi connectivity index (χ3v) is 5.84. The number of nitrogens with zero attached hydrogens (tertiary/aromatic N) is 2. The molecule has 0 bridgehead atoms. The second-order valence-corrected chi connectivity index (χ2v) is 7.88. The van der Waals surface area contributed by atoms with Crippen LogP contribution < -0.4 is 5.32 Å². The zero-order valence-electron chi connectivity index (χ0n) is 16.1. The molecule has 5 nitrogen and oxygen atoms in total. The Kier molecular flexibility index (Phi) is 7.09. The van der Waals surface area contributed by atoms with E-state index in [1.54, 1.807) is 4.90 Å². The van der Waals surface area contributed by atoms with E-state index in [-0.39, 0.29) is 18.0 Å². The summed E-state index contributed by atoms with van der Waals surface area (Å²) in [6.45, 7) is 4.03. The summed E-state index contributed by atoms with van der Waals surface area (Å²) in [5.74, 6) is 0.122. The average molecular weight is 444 g/mol. The fraction of sp³-hybridized carbons (Fsp3) is 0.364. The summed E-state index contributed by atoms with van der Waals surface area (Å²) < 4.78 is 0.823. The average Bonchev–Trinajstić information content (AvgIpc) is 3.25. The molecule has 3 amide bonds. The van der Waals surface area contributed by atoms with Gasteiger partial charge in [-0.15, -0.1) is 0 Å². The van der Waals surface area contributed by atoms with Crippen LogP contribution in [0.5, 0.6) is 0 Å². The number of amides is 3. The van der Waals surface area contributed by atoms with Gasteiger partial charge in [0, 0.05) is 30.5 Å². The van der Waals surface area contributed by atoms with Crippen molar-refractivity contribution in [1.29, 1.82) is 0 Å². The molecule has 2 aromatic rings. The molecular weight excluding hydrogens is 418 g/mol. The number of benzene rings is 2. The van der Waals surface area contributed by atoms with Crippen molar-refractivity contribution >= 4 is 33.6 Å². The molecule has 3 rings (SSSR count). The summed E-state index contributed by atoms with van der Waals surface area (Å²) in [6.07, 6.45) is 2.47. The topological polar surface area (TPSA) is 52.7 Å². The molecule has 6 heteroatoms. The highest BCUT2D eigenvalue weighted by Gasteiger charge is 2.25. The van der Waals surface area contributed by atoms with Crippen LogP contribution in [0.1, 0.15) is 37.8 Å². The van der Waals surface area contributed by atoms with Gasteiger partial charge in [-0.2, -0.15) is 0 Å². The third kappa shape index (κ3) is 5.13. The van der Waals surface area contributed by atoms with E-state index in [1.165, 1.54) is 0 Å². The standard InChI is InChI=1S/C22H26BrN3O2/c1-17(18-9-3-2-4-10-18)26(16-13-21(27)25-14-7-8-15-25)22(28)24-20-12-6-5-11-19(20)23/h2-6,9-12,17H,7-8,13-16H2,1H3,(H,24,28). The van der Waals surface area contributed by atoms with E-state index in [1.807, 2.05) is 66.4 Å². The van der Waals surface area contributed by atoms with E-state index in [4.69, 9.17) is 0 Å². The molecule has 0 spiro atoms. The van der Waals surface area contributed by atoms with E-state index in [9.17, 15) is 9.59 Å². The Morgan fingerprint density at radius 1 is 1.07 bits per heavy atom. The predicted molar refractivity (Wildman–Crippen MR) is 115 cm³/mol. The van der Waals surface area contributed by atoms with Gasteiger partial charge in [0.25, 0.3) is 0 Å². The molecule has 0 aliphatic carbocycles. The maximum atomic E-state index is 13.1. The van der Waals surface area contributed by atoms with Crippen molar-refractivity contribution in [3.63, 3.8) is 0 Å². The van der Waals surface area contributed by atoms with Crippen molar-refractivity contribution in [2.24, 2.45) is 0 Å². The fourth-order valence-corrected chi connectivity index (χ4v) is 3.86. The van der Waals surface area contributed by atoms with Crippen LogP contribution in [-0.2, 0) is 4.79 Å². The smallest absolute Gasteiger partial charge is 0.322 e. The lowest BCUT2D eigenvalue weighted by Gasteiger charge is -2.30. The zero-order chi connectivity index (χ0) is 19.9. The largest absolute Gasteiger partial charge is 0.343 e. The molecule has 1 aliphatic rings. The van der Waals surface area contributed by atoms with Crippen molar-refractivity contribution in [3.8, 4) is 0 Å². The quantitative estimate of drug-likeness (QED) is 0.678. The number of rotatable bonds is 6. The first-order valence-electron chi connectivity index (χ1n) is 9.71. The van der Waals surface area contributed by atoms with Crippen molar-refractivity contribution in [2.75, 3.05) is 25.0 Å². The van der Waals surface area contributed by atoms with Gasteiger partial charge in [0.15, 0.2) is 0 Å². The molecule has 28 heavy (non-hydrogen) atoms. The lowest BCUT2D eigenvalue weighted by molar-refractivity contribution is -0.130. The van der Waals surface area contributed by atoms with Crippen molar-refractivity contribution in [1.82, 2.24) is 9.80 Å². The van der Waals surface area contributed by atoms with Gasteiger partial charge >= 0.3 is 6.03 Å². The van der Waals surface area contributed by atoms with Gasteiger partial charge in [-0.05, 0) is 53.4 Å². The molecule has 148 valence electrons. The molecule has 0 saturated carbocycles. The lowest BCUT2D eigenvalue weighted by atomic mass is 10.1. The molecule has 0 radical (unpaired) electrons. The Morgan fingerprint density at radius 3 is 2.39 bits per heavy atom. The molecule has 1 heterocycles. The van der Waals surface area contributed by atoms with Crippen molar-refractivity contribution in [2.45, 2.75) is 32.2 Å². The molecule has 1 fully saturated rings. The monoisotopic (exact) mass is 443 g/mol. The SMILES string of the molecule is CC(c1ccccc1)N(CCC(=O)N1CCCC1)C(=O)Nc1ccccc1Br. The molecule has 2 aromatic carbocycles. The number of para-hydroxylation sites is 1.